The van der Waals surface area contributed by atoms with Gasteiger partial charge in [0.2, 0.25) is 0 Å². The maximum absolute atomic E-state index is 14.3. The van der Waals surface area contributed by atoms with E-state index in [4.69, 9.17) is 0 Å². The average Bonchev–Trinajstić information content (AvgIpc) is 2.62. The molecule has 1 saturated heterocycles. The number of likely N-dealkylation sites (N-methyl/N-ethyl adjacent to an activating group) is 1. The normalized spacial score (nSPS) is 16.6. The number of benzene rings is 1. The summed E-state index contributed by atoms with van der Waals surface area (Å²) in [6, 6.07) is 6.17. The number of carbonyl (C=O) groups is 1. The zero-order valence-corrected chi connectivity index (χ0v) is 19.1. The number of β-amino-alcohol motifs (C(OH)–C–C–N with tert-alkyl or cyclic N) is 1. The largest absolute Gasteiger partial charge is 0.385 e. The first kappa shape index (κ1) is 21.9. The van der Waals surface area contributed by atoms with E-state index in [0.29, 0.717) is 16.7 Å². The molecule has 1 amide bonds. The molecule has 1 fully saturated rings. The SMILES string of the molecule is C[C@H](N(C)C)C1(O)CN(C(=O)c2cn(C)c(=O)cc2Cc2ccc(I)cc2F)C1. The van der Waals surface area contributed by atoms with Crippen molar-refractivity contribution in [1.82, 2.24) is 14.4 Å². The Morgan fingerprint density at radius 2 is 1.97 bits per heavy atom. The number of carbonyl (C=O) groups excluding carboxylic acids is 1. The van der Waals surface area contributed by atoms with E-state index in [0.717, 1.165) is 3.57 Å². The zero-order chi connectivity index (χ0) is 21.5. The Morgan fingerprint density at radius 3 is 2.55 bits per heavy atom. The third-order valence-electron chi connectivity index (χ3n) is 5.71. The highest BCUT2D eigenvalue weighted by Crippen LogP contribution is 2.29. The summed E-state index contributed by atoms with van der Waals surface area (Å²) in [6.07, 6.45) is 1.64. The summed E-state index contributed by atoms with van der Waals surface area (Å²) in [7, 11) is 5.34. The van der Waals surface area contributed by atoms with Gasteiger partial charge in [0.25, 0.3) is 11.5 Å². The van der Waals surface area contributed by atoms with Gasteiger partial charge < -0.3 is 19.5 Å². The number of hydrogen-bond donors (Lipinski definition) is 1. The topological polar surface area (TPSA) is 65.8 Å². The van der Waals surface area contributed by atoms with Gasteiger partial charge in [-0.3, -0.25) is 9.59 Å². The van der Waals surface area contributed by atoms with Gasteiger partial charge in [-0.05, 0) is 66.9 Å². The number of halogens is 2. The Hall–Kier alpha value is -1.78. The quantitative estimate of drug-likeness (QED) is 0.621. The Bertz CT molecular complexity index is 999. The first-order valence-corrected chi connectivity index (χ1v) is 10.4. The van der Waals surface area contributed by atoms with Gasteiger partial charge in [-0.1, -0.05) is 6.07 Å². The molecule has 3 rings (SSSR count). The minimum atomic E-state index is -0.970. The molecule has 0 aliphatic carbocycles. The van der Waals surface area contributed by atoms with Crippen LogP contribution in [0.25, 0.3) is 0 Å². The summed E-state index contributed by atoms with van der Waals surface area (Å²) < 4.78 is 16.4. The maximum atomic E-state index is 14.3. The maximum Gasteiger partial charge on any atom is 0.255 e. The lowest BCUT2D eigenvalue weighted by atomic mass is 9.85. The van der Waals surface area contributed by atoms with E-state index in [1.165, 1.54) is 22.9 Å². The van der Waals surface area contributed by atoms with E-state index >= 15 is 0 Å². The first-order valence-electron chi connectivity index (χ1n) is 9.33. The van der Waals surface area contributed by atoms with Gasteiger partial charge >= 0.3 is 0 Å². The molecule has 0 bridgehead atoms. The summed E-state index contributed by atoms with van der Waals surface area (Å²) in [5, 5.41) is 10.7. The van der Waals surface area contributed by atoms with Gasteiger partial charge in [0, 0.05) is 35.3 Å². The van der Waals surface area contributed by atoms with Crippen molar-refractivity contribution in [2.24, 2.45) is 7.05 Å². The van der Waals surface area contributed by atoms with Crippen molar-refractivity contribution in [1.29, 1.82) is 0 Å². The Labute approximate surface area is 183 Å². The van der Waals surface area contributed by atoms with E-state index in [2.05, 4.69) is 0 Å². The molecular weight excluding hydrogens is 488 g/mol. The third-order valence-corrected chi connectivity index (χ3v) is 6.38. The molecule has 1 N–H and O–H groups in total. The number of aliphatic hydroxyl groups is 1. The second kappa shape index (κ2) is 8.16. The molecule has 1 atom stereocenters. The van der Waals surface area contributed by atoms with Crippen LogP contribution in [0.15, 0.2) is 35.3 Å². The van der Waals surface area contributed by atoms with Crippen LogP contribution in [0, 0.1) is 9.39 Å². The Morgan fingerprint density at radius 1 is 1.31 bits per heavy atom. The Kier molecular flexibility index (Phi) is 6.16. The van der Waals surface area contributed by atoms with Crippen LogP contribution in [0.1, 0.15) is 28.4 Å². The monoisotopic (exact) mass is 513 g/mol. The molecule has 6 nitrogen and oxygen atoms in total. The molecule has 0 radical (unpaired) electrons. The average molecular weight is 513 g/mol. The minimum absolute atomic E-state index is 0.105. The van der Waals surface area contributed by atoms with Crippen LogP contribution in [0.4, 0.5) is 4.39 Å². The third kappa shape index (κ3) is 4.39. The van der Waals surface area contributed by atoms with Crippen LogP contribution < -0.4 is 5.56 Å². The van der Waals surface area contributed by atoms with E-state index in [1.807, 2.05) is 48.5 Å². The van der Waals surface area contributed by atoms with Crippen LogP contribution >= 0.6 is 22.6 Å². The fourth-order valence-electron chi connectivity index (χ4n) is 3.55. The first-order chi connectivity index (χ1) is 13.5. The van der Waals surface area contributed by atoms with Crippen LogP contribution in [0.3, 0.4) is 0 Å². The second-order valence-corrected chi connectivity index (χ2v) is 9.22. The predicted molar refractivity (Wildman–Crippen MR) is 118 cm³/mol. The number of pyridine rings is 1. The van der Waals surface area contributed by atoms with Gasteiger partial charge in [0.05, 0.1) is 18.7 Å². The smallest absolute Gasteiger partial charge is 0.255 e. The van der Waals surface area contributed by atoms with Crippen LogP contribution in [0.2, 0.25) is 0 Å². The van der Waals surface area contributed by atoms with E-state index in [1.54, 1.807) is 24.1 Å². The summed E-state index contributed by atoms with van der Waals surface area (Å²) in [4.78, 5) is 28.8. The molecule has 8 heteroatoms. The summed E-state index contributed by atoms with van der Waals surface area (Å²) >= 11 is 2.03. The van der Waals surface area contributed by atoms with Gasteiger partial charge in [-0.25, -0.2) is 4.39 Å². The van der Waals surface area contributed by atoms with Crippen LogP contribution in [-0.2, 0) is 13.5 Å². The fraction of sp³-hybridized carbons (Fsp3) is 0.429. The van der Waals surface area contributed by atoms with Crippen molar-refractivity contribution < 1.29 is 14.3 Å². The highest BCUT2D eigenvalue weighted by molar-refractivity contribution is 14.1. The second-order valence-electron chi connectivity index (χ2n) is 7.98. The van der Waals surface area contributed by atoms with Crippen molar-refractivity contribution in [3.05, 3.63) is 66.9 Å². The van der Waals surface area contributed by atoms with Crippen molar-refractivity contribution in [3.63, 3.8) is 0 Å². The highest BCUT2D eigenvalue weighted by atomic mass is 127. The molecule has 0 spiro atoms. The molecule has 1 aliphatic heterocycles. The van der Waals surface area contributed by atoms with E-state index in [-0.39, 0.29) is 42.8 Å². The molecule has 2 heterocycles. The van der Waals surface area contributed by atoms with Crippen molar-refractivity contribution >= 4 is 28.5 Å². The van der Waals surface area contributed by atoms with Crippen LogP contribution in [0.5, 0.6) is 0 Å². The van der Waals surface area contributed by atoms with E-state index < -0.39 is 5.60 Å². The summed E-state index contributed by atoms with van der Waals surface area (Å²) in [5.41, 5.74) is 0.0270. The number of rotatable bonds is 5. The van der Waals surface area contributed by atoms with Gasteiger partial charge in [-0.2, -0.15) is 0 Å². The number of amides is 1. The minimum Gasteiger partial charge on any atom is -0.385 e. The molecule has 1 aromatic carbocycles. The molecule has 0 unspecified atom stereocenters. The Balaban J connectivity index is 1.88. The van der Waals surface area contributed by atoms with Crippen molar-refractivity contribution in [2.45, 2.75) is 25.0 Å². The number of aryl methyl sites for hydroxylation is 1. The lowest BCUT2D eigenvalue weighted by Crippen LogP contribution is -2.70. The molecular formula is C21H25FIN3O3. The van der Waals surface area contributed by atoms with Gasteiger partial charge in [0.15, 0.2) is 0 Å². The lowest BCUT2D eigenvalue weighted by molar-refractivity contribution is -0.120. The molecule has 29 heavy (non-hydrogen) atoms. The zero-order valence-electron chi connectivity index (χ0n) is 16.9. The van der Waals surface area contributed by atoms with E-state index in [9.17, 15) is 19.1 Å². The predicted octanol–water partition coefficient (Wildman–Crippen LogP) is 1.86. The van der Waals surface area contributed by atoms with Crippen molar-refractivity contribution in [3.8, 4) is 0 Å². The number of hydrogen-bond acceptors (Lipinski definition) is 4. The summed E-state index contributed by atoms with van der Waals surface area (Å²) in [5.74, 6) is -0.633. The number of likely N-dealkylation sites (tertiary alicyclic amines) is 1. The number of aromatic nitrogens is 1. The lowest BCUT2D eigenvalue weighted by Gasteiger charge is -2.51. The fourth-order valence-corrected chi connectivity index (χ4v) is 4.00. The molecule has 1 aromatic heterocycles. The van der Waals surface area contributed by atoms with Gasteiger partial charge in [0.1, 0.15) is 11.4 Å². The number of nitrogens with zero attached hydrogens (tertiary/aromatic N) is 3. The van der Waals surface area contributed by atoms with Crippen LogP contribution in [-0.4, -0.2) is 64.2 Å². The molecule has 0 saturated carbocycles. The molecule has 156 valence electrons. The molecule has 1 aliphatic rings. The standard InChI is InChI=1S/C21H25FIN3O3/c1-13(24(2)3)21(29)11-26(12-21)20(28)17-10-25(4)19(27)8-15(17)7-14-5-6-16(23)9-18(14)22/h5-6,8-10,13,29H,7,11-12H2,1-4H3/t13-/m0/s1. The van der Waals surface area contributed by atoms with Crippen molar-refractivity contribution in [2.75, 3.05) is 27.2 Å². The highest BCUT2D eigenvalue weighted by Gasteiger charge is 2.48. The van der Waals surface area contributed by atoms with Gasteiger partial charge in [-0.15, -0.1) is 0 Å². The summed E-state index contributed by atoms with van der Waals surface area (Å²) in [6.45, 7) is 2.34. The molecule has 2 aromatic rings.